The van der Waals surface area contributed by atoms with E-state index in [4.69, 9.17) is 16.0 Å². The Hall–Kier alpha value is -3.84. The Morgan fingerprint density at radius 1 is 1.00 bits per heavy atom. The summed E-state index contributed by atoms with van der Waals surface area (Å²) in [6, 6.07) is 17.5. The summed E-state index contributed by atoms with van der Waals surface area (Å²) in [6.45, 7) is 4.53. The number of carbonyl (C=O) groups is 2. The van der Waals surface area contributed by atoms with E-state index < -0.39 is 5.91 Å². The normalized spacial score (nSPS) is 10.7. The Balaban J connectivity index is 1.44. The van der Waals surface area contributed by atoms with Crippen molar-refractivity contribution in [3.05, 3.63) is 100 Å². The number of benzene rings is 2. The largest absolute Gasteiger partial charge is 0.459 e. The molecule has 162 valence electrons. The first-order valence-corrected chi connectivity index (χ1v) is 10.3. The molecule has 2 heterocycles. The molecular formula is C24H21ClN4O3. The molecule has 2 aromatic heterocycles. The number of anilines is 2. The highest BCUT2D eigenvalue weighted by atomic mass is 35.5. The SMILES string of the molecule is Cc1cc(C)n(Cc2cccc(C(=O)Nc3ccc(NC(=O)c4ccco4)c(Cl)c3)c2)n1. The van der Waals surface area contributed by atoms with E-state index in [1.54, 1.807) is 36.4 Å². The molecule has 0 aliphatic carbocycles. The van der Waals surface area contributed by atoms with Gasteiger partial charge in [0, 0.05) is 16.9 Å². The lowest BCUT2D eigenvalue weighted by atomic mass is 10.1. The van der Waals surface area contributed by atoms with Crippen molar-refractivity contribution in [2.24, 2.45) is 0 Å². The minimum Gasteiger partial charge on any atom is -0.459 e. The monoisotopic (exact) mass is 448 g/mol. The minimum absolute atomic E-state index is 0.179. The number of furan rings is 1. The van der Waals surface area contributed by atoms with Crippen molar-refractivity contribution < 1.29 is 14.0 Å². The first-order chi connectivity index (χ1) is 15.4. The summed E-state index contributed by atoms with van der Waals surface area (Å²) in [5, 5.41) is 10.3. The van der Waals surface area contributed by atoms with Crippen LogP contribution in [0.2, 0.25) is 5.02 Å². The van der Waals surface area contributed by atoms with Crippen LogP contribution in [0, 0.1) is 13.8 Å². The van der Waals surface area contributed by atoms with E-state index in [1.807, 2.05) is 42.8 Å². The Kier molecular flexibility index (Phi) is 6.09. The van der Waals surface area contributed by atoms with Gasteiger partial charge in [-0.2, -0.15) is 5.10 Å². The number of aromatic nitrogens is 2. The number of aryl methyl sites for hydroxylation is 2. The molecule has 0 aliphatic heterocycles. The molecule has 2 N–H and O–H groups in total. The summed E-state index contributed by atoms with van der Waals surface area (Å²) in [5.41, 5.74) is 4.44. The summed E-state index contributed by atoms with van der Waals surface area (Å²) in [4.78, 5) is 24.9. The predicted molar refractivity (Wildman–Crippen MR) is 123 cm³/mol. The fourth-order valence-corrected chi connectivity index (χ4v) is 3.54. The number of amides is 2. The number of nitrogens with one attached hydrogen (secondary N) is 2. The van der Waals surface area contributed by atoms with Crippen LogP contribution in [0.4, 0.5) is 11.4 Å². The van der Waals surface area contributed by atoms with E-state index in [0.29, 0.717) is 28.5 Å². The Labute approximate surface area is 190 Å². The molecule has 0 radical (unpaired) electrons. The van der Waals surface area contributed by atoms with Gasteiger partial charge in [0.05, 0.1) is 29.2 Å². The van der Waals surface area contributed by atoms with Crippen LogP contribution in [-0.2, 0) is 6.54 Å². The minimum atomic E-state index is -0.409. The number of rotatable bonds is 6. The summed E-state index contributed by atoms with van der Waals surface area (Å²) < 4.78 is 6.97. The first-order valence-electron chi connectivity index (χ1n) is 9.95. The molecule has 0 fully saturated rings. The molecule has 0 saturated heterocycles. The number of halogens is 1. The maximum Gasteiger partial charge on any atom is 0.291 e. The zero-order valence-electron chi connectivity index (χ0n) is 17.6. The highest BCUT2D eigenvalue weighted by molar-refractivity contribution is 6.34. The van der Waals surface area contributed by atoms with Crippen molar-refractivity contribution >= 4 is 34.8 Å². The molecule has 0 saturated carbocycles. The molecule has 2 amide bonds. The molecule has 8 heteroatoms. The van der Waals surface area contributed by atoms with Crippen molar-refractivity contribution in [3.63, 3.8) is 0 Å². The van der Waals surface area contributed by atoms with Crippen molar-refractivity contribution in [2.75, 3.05) is 10.6 Å². The van der Waals surface area contributed by atoms with Gasteiger partial charge >= 0.3 is 0 Å². The fourth-order valence-electron chi connectivity index (χ4n) is 3.31. The zero-order chi connectivity index (χ0) is 22.7. The topological polar surface area (TPSA) is 89.2 Å². The quantitative estimate of drug-likeness (QED) is 0.419. The first kappa shape index (κ1) is 21.4. The molecule has 0 atom stereocenters. The molecule has 2 aromatic carbocycles. The average molecular weight is 449 g/mol. The van der Waals surface area contributed by atoms with Crippen molar-refractivity contribution in [2.45, 2.75) is 20.4 Å². The van der Waals surface area contributed by atoms with E-state index in [1.165, 1.54) is 6.26 Å². The lowest BCUT2D eigenvalue weighted by molar-refractivity contribution is 0.0994. The van der Waals surface area contributed by atoms with Gasteiger partial charge in [0.2, 0.25) is 0 Å². The number of hydrogen-bond donors (Lipinski definition) is 2. The Morgan fingerprint density at radius 3 is 2.53 bits per heavy atom. The number of nitrogens with zero attached hydrogens (tertiary/aromatic N) is 2. The van der Waals surface area contributed by atoms with Crippen LogP contribution in [0.5, 0.6) is 0 Å². The van der Waals surface area contributed by atoms with Crippen molar-refractivity contribution in [3.8, 4) is 0 Å². The van der Waals surface area contributed by atoms with Gasteiger partial charge in [0.15, 0.2) is 5.76 Å². The van der Waals surface area contributed by atoms with Gasteiger partial charge < -0.3 is 15.1 Å². The molecule has 4 aromatic rings. The van der Waals surface area contributed by atoms with Gasteiger partial charge in [-0.3, -0.25) is 14.3 Å². The second-order valence-electron chi connectivity index (χ2n) is 7.37. The third kappa shape index (κ3) is 4.90. The fraction of sp³-hybridized carbons (Fsp3) is 0.125. The van der Waals surface area contributed by atoms with Gasteiger partial charge in [-0.05, 0) is 67.9 Å². The molecule has 0 unspecified atom stereocenters. The standard InChI is InChI=1S/C24H21ClN4O3/c1-15-11-16(2)29(28-15)14-17-5-3-6-18(12-17)23(30)26-19-8-9-21(20(25)13-19)27-24(31)22-7-4-10-32-22/h3-13H,14H2,1-2H3,(H,26,30)(H,27,31). The third-order valence-corrected chi connectivity index (χ3v) is 5.16. The van der Waals surface area contributed by atoms with Crippen molar-refractivity contribution in [1.29, 1.82) is 0 Å². The van der Waals surface area contributed by atoms with Crippen LogP contribution in [0.3, 0.4) is 0 Å². The van der Waals surface area contributed by atoms with Gasteiger partial charge in [0.25, 0.3) is 11.8 Å². The van der Waals surface area contributed by atoms with Crippen LogP contribution >= 0.6 is 11.6 Å². The van der Waals surface area contributed by atoms with E-state index >= 15 is 0 Å². The molecule has 0 bridgehead atoms. The summed E-state index contributed by atoms with van der Waals surface area (Å²) >= 11 is 6.29. The second-order valence-corrected chi connectivity index (χ2v) is 7.77. The molecule has 4 rings (SSSR count). The van der Waals surface area contributed by atoms with Crippen LogP contribution in [-0.4, -0.2) is 21.6 Å². The summed E-state index contributed by atoms with van der Waals surface area (Å²) in [6.07, 6.45) is 1.42. The van der Waals surface area contributed by atoms with E-state index in [0.717, 1.165) is 17.0 Å². The van der Waals surface area contributed by atoms with Crippen molar-refractivity contribution in [1.82, 2.24) is 9.78 Å². The second kappa shape index (κ2) is 9.11. The molecule has 0 spiro atoms. The molecular weight excluding hydrogens is 428 g/mol. The number of hydrogen-bond acceptors (Lipinski definition) is 4. The van der Waals surface area contributed by atoms with Gasteiger partial charge in [-0.1, -0.05) is 23.7 Å². The highest BCUT2D eigenvalue weighted by Gasteiger charge is 2.13. The van der Waals surface area contributed by atoms with E-state index in [9.17, 15) is 9.59 Å². The Morgan fingerprint density at radius 2 is 1.84 bits per heavy atom. The van der Waals surface area contributed by atoms with Crippen LogP contribution in [0.25, 0.3) is 0 Å². The lowest BCUT2D eigenvalue weighted by Gasteiger charge is -2.11. The van der Waals surface area contributed by atoms with E-state index in [-0.39, 0.29) is 11.7 Å². The third-order valence-electron chi connectivity index (χ3n) is 4.84. The summed E-state index contributed by atoms with van der Waals surface area (Å²) in [5.74, 6) is -0.490. The smallest absolute Gasteiger partial charge is 0.291 e. The maximum atomic E-state index is 12.8. The van der Waals surface area contributed by atoms with Crippen LogP contribution in [0.15, 0.2) is 71.3 Å². The van der Waals surface area contributed by atoms with Crippen LogP contribution < -0.4 is 10.6 Å². The molecule has 32 heavy (non-hydrogen) atoms. The molecule has 7 nitrogen and oxygen atoms in total. The van der Waals surface area contributed by atoms with Gasteiger partial charge in [0.1, 0.15) is 0 Å². The highest BCUT2D eigenvalue weighted by Crippen LogP contribution is 2.26. The van der Waals surface area contributed by atoms with Gasteiger partial charge in [-0.15, -0.1) is 0 Å². The number of carbonyl (C=O) groups excluding carboxylic acids is 2. The molecule has 0 aliphatic rings. The predicted octanol–water partition coefficient (Wildman–Crippen LogP) is 5.30. The average Bonchev–Trinajstić information content (AvgIpc) is 3.40. The summed E-state index contributed by atoms with van der Waals surface area (Å²) in [7, 11) is 0. The lowest BCUT2D eigenvalue weighted by Crippen LogP contribution is -2.14. The zero-order valence-corrected chi connectivity index (χ0v) is 18.3. The van der Waals surface area contributed by atoms with E-state index in [2.05, 4.69) is 15.7 Å². The Bertz CT molecular complexity index is 1280. The maximum absolute atomic E-state index is 12.8. The van der Waals surface area contributed by atoms with Crippen LogP contribution in [0.1, 0.15) is 37.9 Å². The van der Waals surface area contributed by atoms with Gasteiger partial charge in [-0.25, -0.2) is 0 Å².